The molecule has 0 aliphatic rings. The third-order valence-electron chi connectivity index (χ3n) is 2.99. The maximum absolute atomic E-state index is 9.94. The Morgan fingerprint density at radius 2 is 2.06 bits per heavy atom. The maximum Gasteiger partial charge on any atom is 0.0741 e. The van der Waals surface area contributed by atoms with Crippen LogP contribution in [0.2, 0.25) is 0 Å². The first kappa shape index (κ1) is 13.7. The van der Waals surface area contributed by atoms with Crippen LogP contribution in [0.1, 0.15) is 38.3 Å². The molecule has 1 aromatic rings. The van der Waals surface area contributed by atoms with Gasteiger partial charge in [0, 0.05) is 12.6 Å². The first-order chi connectivity index (χ1) is 8.09. The molecule has 3 nitrogen and oxygen atoms in total. The van der Waals surface area contributed by atoms with E-state index in [1.165, 1.54) is 0 Å². The lowest BCUT2D eigenvalue weighted by Crippen LogP contribution is -2.38. The second-order valence-corrected chi connectivity index (χ2v) is 4.56. The summed E-state index contributed by atoms with van der Waals surface area (Å²) in [4.78, 5) is 0. The van der Waals surface area contributed by atoms with E-state index in [0.29, 0.717) is 19.4 Å². The molecule has 0 bridgehead atoms. The molecule has 0 aliphatic heterocycles. The van der Waals surface area contributed by atoms with E-state index in [-0.39, 0.29) is 6.04 Å². The fourth-order valence-corrected chi connectivity index (χ4v) is 1.55. The van der Waals surface area contributed by atoms with Crippen molar-refractivity contribution in [2.45, 2.75) is 38.3 Å². The molecular weight excluding hydrogens is 212 g/mol. The van der Waals surface area contributed by atoms with E-state index in [9.17, 15) is 5.11 Å². The first-order valence-corrected chi connectivity index (χ1v) is 5.96. The van der Waals surface area contributed by atoms with Crippen LogP contribution in [-0.4, -0.2) is 17.3 Å². The topological polar surface area (TPSA) is 56.0 Å². The van der Waals surface area contributed by atoms with Gasteiger partial charge in [-0.05, 0) is 18.9 Å². The number of nitrogens with one attached hydrogen (secondary N) is 1. The fraction of sp³-hybridized carbons (Fsp3) is 0.500. The van der Waals surface area contributed by atoms with Gasteiger partial charge in [0.05, 0.1) is 18.1 Å². The summed E-state index contributed by atoms with van der Waals surface area (Å²) in [5.41, 5.74) is 0.364. The highest BCUT2D eigenvalue weighted by Gasteiger charge is 2.20. The van der Waals surface area contributed by atoms with E-state index < -0.39 is 5.60 Å². The highest BCUT2D eigenvalue weighted by atomic mass is 16.3. The van der Waals surface area contributed by atoms with Gasteiger partial charge in [0.2, 0.25) is 0 Å². The van der Waals surface area contributed by atoms with E-state index in [0.717, 1.165) is 5.56 Å². The summed E-state index contributed by atoms with van der Waals surface area (Å²) in [5.74, 6) is 0. The van der Waals surface area contributed by atoms with Crippen LogP contribution in [0.5, 0.6) is 0 Å². The Morgan fingerprint density at radius 1 is 1.41 bits per heavy atom. The van der Waals surface area contributed by atoms with Crippen LogP contribution < -0.4 is 5.32 Å². The van der Waals surface area contributed by atoms with Crippen LogP contribution >= 0.6 is 0 Å². The van der Waals surface area contributed by atoms with Crippen LogP contribution in [0.4, 0.5) is 0 Å². The molecule has 17 heavy (non-hydrogen) atoms. The van der Waals surface area contributed by atoms with E-state index in [2.05, 4.69) is 11.4 Å². The maximum atomic E-state index is 9.94. The molecule has 0 fully saturated rings. The predicted octanol–water partition coefficient (Wildman–Crippen LogP) is 2.39. The number of nitriles is 1. The van der Waals surface area contributed by atoms with Gasteiger partial charge in [0.25, 0.3) is 0 Å². The summed E-state index contributed by atoms with van der Waals surface area (Å²) in [6, 6.07) is 12.0. The predicted molar refractivity (Wildman–Crippen MR) is 68.3 cm³/mol. The smallest absolute Gasteiger partial charge is 0.0741 e. The SMILES string of the molecule is CCC(C)(O)CNC(CC#N)c1ccccc1. The van der Waals surface area contributed by atoms with Gasteiger partial charge in [0.15, 0.2) is 0 Å². The molecule has 0 amide bonds. The first-order valence-electron chi connectivity index (χ1n) is 5.96. The second-order valence-electron chi connectivity index (χ2n) is 4.56. The molecule has 92 valence electrons. The summed E-state index contributed by atoms with van der Waals surface area (Å²) in [6.07, 6.45) is 1.10. The lowest BCUT2D eigenvalue weighted by Gasteiger charge is -2.25. The van der Waals surface area contributed by atoms with Crippen LogP contribution in [-0.2, 0) is 0 Å². The Bertz CT molecular complexity index is 368. The molecule has 2 atom stereocenters. The van der Waals surface area contributed by atoms with Gasteiger partial charge < -0.3 is 10.4 Å². The number of rotatable bonds is 6. The van der Waals surface area contributed by atoms with Gasteiger partial charge in [-0.15, -0.1) is 0 Å². The molecule has 1 aromatic carbocycles. The largest absolute Gasteiger partial charge is 0.389 e. The average Bonchev–Trinajstić information content (AvgIpc) is 2.35. The number of aliphatic hydroxyl groups is 1. The van der Waals surface area contributed by atoms with Crippen molar-refractivity contribution in [3.05, 3.63) is 35.9 Å². The van der Waals surface area contributed by atoms with Gasteiger partial charge in [-0.1, -0.05) is 37.3 Å². The van der Waals surface area contributed by atoms with E-state index in [1.54, 1.807) is 6.92 Å². The van der Waals surface area contributed by atoms with Gasteiger partial charge in [-0.3, -0.25) is 0 Å². The third kappa shape index (κ3) is 4.56. The zero-order chi connectivity index (χ0) is 12.7. The number of nitrogens with zero attached hydrogens (tertiary/aromatic N) is 1. The van der Waals surface area contributed by atoms with Crippen LogP contribution in [0, 0.1) is 11.3 Å². The van der Waals surface area contributed by atoms with Gasteiger partial charge in [-0.2, -0.15) is 5.26 Å². The summed E-state index contributed by atoms with van der Waals surface area (Å²) in [6.45, 7) is 4.24. The molecule has 0 aliphatic carbocycles. The number of benzene rings is 1. The molecule has 1 rings (SSSR count). The van der Waals surface area contributed by atoms with Crippen LogP contribution in [0.15, 0.2) is 30.3 Å². The Morgan fingerprint density at radius 3 is 2.59 bits per heavy atom. The molecule has 0 spiro atoms. The van der Waals surface area contributed by atoms with Crippen LogP contribution in [0.3, 0.4) is 0 Å². The summed E-state index contributed by atoms with van der Waals surface area (Å²) >= 11 is 0. The molecule has 2 N–H and O–H groups in total. The molecule has 0 radical (unpaired) electrons. The zero-order valence-electron chi connectivity index (χ0n) is 10.5. The normalized spacial score (nSPS) is 15.9. The van der Waals surface area contributed by atoms with Crippen molar-refractivity contribution >= 4 is 0 Å². The van der Waals surface area contributed by atoms with E-state index in [4.69, 9.17) is 5.26 Å². The molecular formula is C14H20N2O. The molecule has 3 heteroatoms. The van der Waals surface area contributed by atoms with Crippen molar-refractivity contribution in [3.8, 4) is 6.07 Å². The minimum atomic E-state index is -0.720. The van der Waals surface area contributed by atoms with Gasteiger partial charge >= 0.3 is 0 Å². The minimum Gasteiger partial charge on any atom is -0.389 e. The highest BCUT2D eigenvalue weighted by molar-refractivity contribution is 5.20. The van der Waals surface area contributed by atoms with Crippen molar-refractivity contribution in [1.82, 2.24) is 5.32 Å². The Kier molecular flexibility index (Phi) is 5.14. The van der Waals surface area contributed by atoms with Gasteiger partial charge in [-0.25, -0.2) is 0 Å². The van der Waals surface area contributed by atoms with Crippen LogP contribution in [0.25, 0.3) is 0 Å². The molecule has 0 aromatic heterocycles. The fourth-order valence-electron chi connectivity index (χ4n) is 1.55. The lowest BCUT2D eigenvalue weighted by atomic mass is 10.0. The lowest BCUT2D eigenvalue weighted by molar-refractivity contribution is 0.0529. The van der Waals surface area contributed by atoms with E-state index >= 15 is 0 Å². The standard InChI is InChI=1S/C14H20N2O/c1-3-14(2,17)11-16-13(9-10-15)12-7-5-4-6-8-12/h4-8,13,16-17H,3,9,11H2,1-2H3. The minimum absolute atomic E-state index is 0.0146. The van der Waals surface area contributed by atoms with Crippen molar-refractivity contribution in [2.24, 2.45) is 0 Å². The second kappa shape index (κ2) is 6.39. The van der Waals surface area contributed by atoms with Crippen molar-refractivity contribution in [1.29, 1.82) is 5.26 Å². The van der Waals surface area contributed by atoms with Gasteiger partial charge in [0.1, 0.15) is 0 Å². The molecule has 0 saturated carbocycles. The van der Waals surface area contributed by atoms with E-state index in [1.807, 2.05) is 37.3 Å². The Hall–Kier alpha value is -1.37. The third-order valence-corrected chi connectivity index (χ3v) is 2.99. The highest BCUT2D eigenvalue weighted by Crippen LogP contribution is 2.17. The zero-order valence-corrected chi connectivity index (χ0v) is 10.5. The molecule has 0 heterocycles. The van der Waals surface area contributed by atoms with Crippen molar-refractivity contribution < 1.29 is 5.11 Å². The Balaban J connectivity index is 2.66. The average molecular weight is 232 g/mol. The summed E-state index contributed by atoms with van der Waals surface area (Å²) < 4.78 is 0. The molecule has 2 unspecified atom stereocenters. The summed E-state index contributed by atoms with van der Waals surface area (Å²) in [5, 5.41) is 22.0. The Labute approximate surface area is 103 Å². The number of hydrogen-bond acceptors (Lipinski definition) is 3. The van der Waals surface area contributed by atoms with Crippen molar-refractivity contribution in [2.75, 3.05) is 6.54 Å². The molecule has 0 saturated heterocycles. The van der Waals surface area contributed by atoms with Crippen molar-refractivity contribution in [3.63, 3.8) is 0 Å². The quantitative estimate of drug-likeness (QED) is 0.791. The monoisotopic (exact) mass is 232 g/mol. The summed E-state index contributed by atoms with van der Waals surface area (Å²) in [7, 11) is 0. The number of hydrogen-bond donors (Lipinski definition) is 2.